The highest BCUT2D eigenvalue weighted by Crippen LogP contribution is 2.36. The molecule has 0 bridgehead atoms. The molecule has 6 nitrogen and oxygen atoms in total. The van der Waals surface area contributed by atoms with Gasteiger partial charge in [0.25, 0.3) is 0 Å². The van der Waals surface area contributed by atoms with E-state index in [9.17, 15) is 4.79 Å². The summed E-state index contributed by atoms with van der Waals surface area (Å²) in [7, 11) is 1.68. The lowest BCUT2D eigenvalue weighted by atomic mass is 10.0. The Hall–Kier alpha value is -3.80. The molecule has 1 heterocycles. The summed E-state index contributed by atoms with van der Waals surface area (Å²) < 4.78 is 10.8. The molecular formula is C28H31N3O3. The largest absolute Gasteiger partial charge is 0.496 e. The zero-order valence-electron chi connectivity index (χ0n) is 20.4. The van der Waals surface area contributed by atoms with Gasteiger partial charge in [-0.25, -0.2) is 9.78 Å². The summed E-state index contributed by atoms with van der Waals surface area (Å²) in [4.78, 5) is 16.6. The zero-order chi connectivity index (χ0) is 24.2. The monoisotopic (exact) mass is 457 g/mol. The fourth-order valence-electron chi connectivity index (χ4n) is 4.03. The first-order valence-electron chi connectivity index (χ1n) is 11.5. The quantitative estimate of drug-likeness (QED) is 0.313. The molecule has 0 fully saturated rings. The first-order valence-corrected chi connectivity index (χ1v) is 11.5. The number of amides is 1. The first kappa shape index (κ1) is 23.4. The normalized spacial score (nSPS) is 11.1. The van der Waals surface area contributed by atoms with Gasteiger partial charge >= 0.3 is 6.09 Å². The zero-order valence-corrected chi connectivity index (χ0v) is 20.4. The van der Waals surface area contributed by atoms with E-state index in [-0.39, 0.29) is 12.1 Å². The molecule has 1 amide bonds. The lowest BCUT2D eigenvalue weighted by molar-refractivity contribution is 0.145. The number of hydrogen-bond donors (Lipinski definition) is 2. The van der Waals surface area contributed by atoms with Crippen LogP contribution in [0.25, 0.3) is 21.8 Å². The molecule has 1 aromatic heterocycles. The number of carbonyl (C=O) groups excluding carboxylic acids is 1. The van der Waals surface area contributed by atoms with Gasteiger partial charge in [0.2, 0.25) is 0 Å². The van der Waals surface area contributed by atoms with Crippen LogP contribution >= 0.6 is 0 Å². The third-order valence-corrected chi connectivity index (χ3v) is 5.67. The summed E-state index contributed by atoms with van der Waals surface area (Å²) in [6.07, 6.45) is 0.245. The standard InChI is InChI=1S/C28H31N3O3/c1-17(2)29-28(32)34-12-11-20-7-6-8-21(15-20)30-27-22-10-9-18(3)13-24(22)31-25-16-26(33-5)19(4)14-23(25)27/h6-10,13-17H,11-12H2,1-5H3,(H,29,32)(H,30,31). The van der Waals surface area contributed by atoms with Gasteiger partial charge in [-0.3, -0.25) is 0 Å². The number of pyridine rings is 1. The predicted octanol–water partition coefficient (Wildman–Crippen LogP) is 6.43. The van der Waals surface area contributed by atoms with Crippen molar-refractivity contribution in [3.63, 3.8) is 0 Å². The van der Waals surface area contributed by atoms with Crippen molar-refractivity contribution in [1.29, 1.82) is 0 Å². The highest BCUT2D eigenvalue weighted by Gasteiger charge is 2.13. The summed E-state index contributed by atoms with van der Waals surface area (Å²) in [5.74, 6) is 0.821. The minimum absolute atomic E-state index is 0.0532. The van der Waals surface area contributed by atoms with Gasteiger partial charge in [-0.1, -0.05) is 24.3 Å². The number of aryl methyl sites for hydroxylation is 2. The van der Waals surface area contributed by atoms with Crippen molar-refractivity contribution in [3.8, 4) is 5.75 Å². The number of alkyl carbamates (subject to hydrolysis) is 1. The average molecular weight is 458 g/mol. The van der Waals surface area contributed by atoms with Gasteiger partial charge in [0.05, 0.1) is 30.4 Å². The van der Waals surface area contributed by atoms with Crippen LogP contribution in [-0.2, 0) is 11.2 Å². The van der Waals surface area contributed by atoms with Crippen LogP contribution in [-0.4, -0.2) is 30.8 Å². The second kappa shape index (κ2) is 10.00. The van der Waals surface area contributed by atoms with Crippen LogP contribution in [0.1, 0.15) is 30.5 Å². The summed E-state index contributed by atoms with van der Waals surface area (Å²) in [5.41, 5.74) is 7.08. The van der Waals surface area contributed by atoms with Crippen molar-refractivity contribution in [2.45, 2.75) is 40.2 Å². The maximum atomic E-state index is 11.7. The van der Waals surface area contributed by atoms with Gasteiger partial charge in [-0.05, 0) is 68.7 Å². The SMILES string of the molecule is COc1cc2nc3cc(C)ccc3c(Nc3cccc(CCOC(=O)NC(C)C)c3)c2cc1C. The van der Waals surface area contributed by atoms with Crippen molar-refractivity contribution in [3.05, 3.63) is 71.3 Å². The van der Waals surface area contributed by atoms with E-state index < -0.39 is 0 Å². The number of nitrogens with one attached hydrogen (secondary N) is 2. The molecule has 6 heteroatoms. The van der Waals surface area contributed by atoms with Crippen LogP contribution in [0.3, 0.4) is 0 Å². The van der Waals surface area contributed by atoms with E-state index in [1.165, 1.54) is 0 Å². The van der Waals surface area contributed by atoms with E-state index in [1.54, 1.807) is 7.11 Å². The molecule has 4 rings (SSSR count). The first-order chi connectivity index (χ1) is 16.3. The number of carbonyl (C=O) groups is 1. The summed E-state index contributed by atoms with van der Waals surface area (Å²) in [5, 5.41) is 8.47. The van der Waals surface area contributed by atoms with Crippen LogP contribution in [0.2, 0.25) is 0 Å². The Bertz CT molecular complexity index is 1350. The van der Waals surface area contributed by atoms with Crippen molar-refractivity contribution in [2.24, 2.45) is 0 Å². The van der Waals surface area contributed by atoms with Gasteiger partial charge in [0.1, 0.15) is 5.75 Å². The third-order valence-electron chi connectivity index (χ3n) is 5.67. The molecule has 0 atom stereocenters. The fraction of sp³-hybridized carbons (Fsp3) is 0.286. The van der Waals surface area contributed by atoms with Crippen molar-refractivity contribution >= 4 is 39.3 Å². The number of methoxy groups -OCH3 is 1. The van der Waals surface area contributed by atoms with Crippen molar-refractivity contribution < 1.29 is 14.3 Å². The predicted molar refractivity (Wildman–Crippen MR) is 138 cm³/mol. The molecular weight excluding hydrogens is 426 g/mol. The smallest absolute Gasteiger partial charge is 0.407 e. The minimum atomic E-state index is -0.389. The summed E-state index contributed by atoms with van der Waals surface area (Å²) >= 11 is 0. The van der Waals surface area contributed by atoms with Crippen LogP contribution in [0.5, 0.6) is 5.75 Å². The maximum absolute atomic E-state index is 11.7. The second-order valence-electron chi connectivity index (χ2n) is 8.86. The van der Waals surface area contributed by atoms with E-state index >= 15 is 0 Å². The van der Waals surface area contributed by atoms with Gasteiger partial charge in [-0.15, -0.1) is 0 Å². The third kappa shape index (κ3) is 5.22. The minimum Gasteiger partial charge on any atom is -0.496 e. The maximum Gasteiger partial charge on any atom is 0.407 e. The molecule has 0 saturated carbocycles. The number of aromatic nitrogens is 1. The molecule has 2 N–H and O–H groups in total. The van der Waals surface area contributed by atoms with Crippen LogP contribution < -0.4 is 15.4 Å². The van der Waals surface area contributed by atoms with Crippen molar-refractivity contribution in [1.82, 2.24) is 10.3 Å². The number of benzene rings is 3. The molecule has 0 aliphatic rings. The number of rotatable bonds is 7. The van der Waals surface area contributed by atoms with E-state index in [0.29, 0.717) is 13.0 Å². The lowest BCUT2D eigenvalue weighted by Crippen LogP contribution is -2.31. The average Bonchev–Trinajstić information content (AvgIpc) is 2.78. The molecule has 176 valence electrons. The topological polar surface area (TPSA) is 72.5 Å². The second-order valence-corrected chi connectivity index (χ2v) is 8.86. The number of anilines is 2. The number of fused-ring (bicyclic) bond motifs is 2. The Kier molecular flexibility index (Phi) is 6.87. The van der Waals surface area contributed by atoms with Crippen LogP contribution in [0, 0.1) is 13.8 Å². The van der Waals surface area contributed by atoms with Gasteiger partial charge < -0.3 is 20.1 Å². The molecule has 0 unspecified atom stereocenters. The molecule has 0 aliphatic carbocycles. The molecule has 3 aromatic carbocycles. The number of ether oxygens (including phenoxy) is 2. The van der Waals surface area contributed by atoms with E-state index in [0.717, 1.165) is 55.6 Å². The van der Waals surface area contributed by atoms with Crippen molar-refractivity contribution in [2.75, 3.05) is 19.0 Å². The highest BCUT2D eigenvalue weighted by molar-refractivity contribution is 6.09. The van der Waals surface area contributed by atoms with E-state index in [1.807, 2.05) is 45.0 Å². The highest BCUT2D eigenvalue weighted by atomic mass is 16.5. The molecule has 0 spiro atoms. The molecule has 0 radical (unpaired) electrons. The Balaban J connectivity index is 1.66. The molecule has 4 aromatic rings. The van der Waals surface area contributed by atoms with Gasteiger partial charge in [0.15, 0.2) is 0 Å². The lowest BCUT2D eigenvalue weighted by Gasteiger charge is -2.16. The fourth-order valence-corrected chi connectivity index (χ4v) is 4.03. The molecule has 0 aliphatic heterocycles. The molecule has 34 heavy (non-hydrogen) atoms. The Morgan fingerprint density at radius 2 is 1.79 bits per heavy atom. The number of hydrogen-bond acceptors (Lipinski definition) is 5. The summed E-state index contributed by atoms with van der Waals surface area (Å²) in [6.45, 7) is 8.24. The van der Waals surface area contributed by atoms with Crippen LogP contribution in [0.4, 0.5) is 16.2 Å². The molecule has 0 saturated heterocycles. The van der Waals surface area contributed by atoms with Gasteiger partial charge in [0, 0.05) is 35.0 Å². The Morgan fingerprint density at radius 1 is 1.00 bits per heavy atom. The van der Waals surface area contributed by atoms with Crippen LogP contribution in [0.15, 0.2) is 54.6 Å². The van der Waals surface area contributed by atoms with E-state index in [4.69, 9.17) is 14.5 Å². The van der Waals surface area contributed by atoms with E-state index in [2.05, 4.69) is 47.9 Å². The number of nitrogens with zero attached hydrogens (tertiary/aromatic N) is 1. The Labute approximate surface area is 200 Å². The Morgan fingerprint density at radius 3 is 2.56 bits per heavy atom. The summed E-state index contributed by atoms with van der Waals surface area (Å²) in [6, 6.07) is 18.7. The van der Waals surface area contributed by atoms with Gasteiger partial charge in [-0.2, -0.15) is 0 Å².